The first-order valence-corrected chi connectivity index (χ1v) is 7.08. The molecule has 0 amide bonds. The van der Waals surface area contributed by atoms with Gasteiger partial charge >= 0.3 is 0 Å². The molecule has 0 heterocycles. The Bertz CT molecular complexity index is 411. The van der Waals surface area contributed by atoms with E-state index in [0.717, 1.165) is 38.3 Å². The number of nitrogens with one attached hydrogen (secondary N) is 1. The van der Waals surface area contributed by atoms with Gasteiger partial charge in [-0.15, -0.1) is 0 Å². The smallest absolute Gasteiger partial charge is 0.159 e. The van der Waals surface area contributed by atoms with Gasteiger partial charge in [0.25, 0.3) is 0 Å². The lowest BCUT2D eigenvalue weighted by Crippen LogP contribution is -2.38. The summed E-state index contributed by atoms with van der Waals surface area (Å²) in [5.74, 6) is -1.83. The molecule has 114 valence electrons. The third kappa shape index (κ3) is 4.81. The maximum atomic E-state index is 13.1. The van der Waals surface area contributed by atoms with Gasteiger partial charge in [-0.3, -0.25) is 0 Å². The van der Waals surface area contributed by atoms with Crippen LogP contribution in [0.3, 0.4) is 0 Å². The summed E-state index contributed by atoms with van der Waals surface area (Å²) in [6, 6.07) is 3.26. The number of hydrogen-bond donors (Lipinski definition) is 2. The van der Waals surface area contributed by atoms with Crippen LogP contribution in [-0.4, -0.2) is 42.2 Å². The van der Waals surface area contributed by atoms with Crippen molar-refractivity contribution in [1.29, 1.82) is 0 Å². The topological polar surface area (TPSA) is 35.5 Å². The molecule has 1 aromatic rings. The second-order valence-electron chi connectivity index (χ2n) is 4.89. The van der Waals surface area contributed by atoms with Crippen LogP contribution in [0.4, 0.5) is 8.78 Å². The van der Waals surface area contributed by atoms with Crippen molar-refractivity contribution in [3.05, 3.63) is 35.4 Å². The zero-order valence-electron chi connectivity index (χ0n) is 12.4. The zero-order chi connectivity index (χ0) is 15.1. The predicted molar refractivity (Wildman–Crippen MR) is 76.6 cm³/mol. The number of hydrogen-bond acceptors (Lipinski definition) is 3. The summed E-state index contributed by atoms with van der Waals surface area (Å²) in [4.78, 5) is 2.27. The SMILES string of the molecule is CCN(CC)CCNC(C)C(O)c1ccc(F)c(F)c1. The van der Waals surface area contributed by atoms with Crippen molar-refractivity contribution in [2.75, 3.05) is 26.2 Å². The Balaban J connectivity index is 2.49. The van der Waals surface area contributed by atoms with Crippen LogP contribution in [0.25, 0.3) is 0 Å². The second kappa shape index (κ2) is 8.29. The van der Waals surface area contributed by atoms with Crippen molar-refractivity contribution in [3.63, 3.8) is 0 Å². The molecule has 2 unspecified atom stereocenters. The van der Waals surface area contributed by atoms with E-state index in [1.165, 1.54) is 6.07 Å². The van der Waals surface area contributed by atoms with Gasteiger partial charge in [0, 0.05) is 19.1 Å². The summed E-state index contributed by atoms with van der Waals surface area (Å²) in [5, 5.41) is 13.3. The van der Waals surface area contributed by atoms with Gasteiger partial charge in [-0.25, -0.2) is 8.78 Å². The quantitative estimate of drug-likeness (QED) is 0.770. The lowest BCUT2D eigenvalue weighted by atomic mass is 10.0. The highest BCUT2D eigenvalue weighted by Gasteiger charge is 2.17. The van der Waals surface area contributed by atoms with E-state index >= 15 is 0 Å². The van der Waals surface area contributed by atoms with Crippen LogP contribution in [0.1, 0.15) is 32.4 Å². The van der Waals surface area contributed by atoms with Gasteiger partial charge in [0.1, 0.15) is 0 Å². The van der Waals surface area contributed by atoms with Gasteiger partial charge in [0.15, 0.2) is 11.6 Å². The average Bonchev–Trinajstić information content (AvgIpc) is 2.45. The van der Waals surface area contributed by atoms with Crippen LogP contribution >= 0.6 is 0 Å². The molecule has 0 aliphatic carbocycles. The van der Waals surface area contributed by atoms with Crippen molar-refractivity contribution in [1.82, 2.24) is 10.2 Å². The summed E-state index contributed by atoms with van der Waals surface area (Å²) in [6.45, 7) is 9.63. The van der Waals surface area contributed by atoms with E-state index in [4.69, 9.17) is 0 Å². The van der Waals surface area contributed by atoms with E-state index < -0.39 is 17.7 Å². The standard InChI is InChI=1S/C15H24F2N2O/c1-4-19(5-2)9-8-18-11(3)15(20)12-6-7-13(16)14(17)10-12/h6-7,10-11,15,18,20H,4-5,8-9H2,1-3H3. The minimum absolute atomic E-state index is 0.226. The first kappa shape index (κ1) is 17.0. The minimum Gasteiger partial charge on any atom is -0.387 e. The second-order valence-corrected chi connectivity index (χ2v) is 4.89. The lowest BCUT2D eigenvalue weighted by Gasteiger charge is -2.23. The maximum Gasteiger partial charge on any atom is 0.159 e. The molecular weight excluding hydrogens is 262 g/mol. The highest BCUT2D eigenvalue weighted by atomic mass is 19.2. The molecule has 0 spiro atoms. The summed E-state index contributed by atoms with van der Waals surface area (Å²) in [7, 11) is 0. The molecule has 0 radical (unpaired) electrons. The predicted octanol–water partition coefficient (Wildman–Crippen LogP) is 2.32. The number of aliphatic hydroxyl groups excluding tert-OH is 1. The van der Waals surface area contributed by atoms with E-state index in [2.05, 4.69) is 24.1 Å². The molecule has 3 nitrogen and oxygen atoms in total. The number of halogens is 2. The summed E-state index contributed by atoms with van der Waals surface area (Å²) >= 11 is 0. The van der Waals surface area contributed by atoms with Gasteiger partial charge in [-0.1, -0.05) is 19.9 Å². The van der Waals surface area contributed by atoms with Crippen LogP contribution < -0.4 is 5.32 Å². The Kier molecular flexibility index (Phi) is 7.05. The lowest BCUT2D eigenvalue weighted by molar-refractivity contribution is 0.133. The van der Waals surface area contributed by atoms with Gasteiger partial charge in [0.05, 0.1) is 6.10 Å². The minimum atomic E-state index is -0.933. The van der Waals surface area contributed by atoms with Gasteiger partial charge in [-0.05, 0) is 37.7 Å². The molecule has 5 heteroatoms. The summed E-state index contributed by atoms with van der Waals surface area (Å²) in [5.41, 5.74) is 0.381. The van der Waals surface area contributed by atoms with Crippen molar-refractivity contribution < 1.29 is 13.9 Å². The highest BCUT2D eigenvalue weighted by molar-refractivity contribution is 5.21. The van der Waals surface area contributed by atoms with Crippen LogP contribution in [0.2, 0.25) is 0 Å². The molecule has 0 saturated carbocycles. The molecular formula is C15H24F2N2O. The molecule has 1 rings (SSSR count). The summed E-state index contributed by atoms with van der Waals surface area (Å²) < 4.78 is 26.0. The average molecular weight is 286 g/mol. The first-order valence-electron chi connectivity index (χ1n) is 7.08. The Morgan fingerprint density at radius 3 is 2.40 bits per heavy atom. The Morgan fingerprint density at radius 1 is 1.20 bits per heavy atom. The van der Waals surface area contributed by atoms with E-state index in [9.17, 15) is 13.9 Å². The number of aliphatic hydroxyl groups is 1. The fourth-order valence-electron chi connectivity index (χ4n) is 2.09. The van der Waals surface area contributed by atoms with Gasteiger partial charge in [0.2, 0.25) is 0 Å². The van der Waals surface area contributed by atoms with Crippen molar-refractivity contribution in [3.8, 4) is 0 Å². The summed E-state index contributed by atoms with van der Waals surface area (Å²) in [6.07, 6.45) is -0.859. The van der Waals surface area contributed by atoms with Crippen molar-refractivity contribution in [2.45, 2.75) is 32.9 Å². The number of likely N-dealkylation sites (N-methyl/N-ethyl adjacent to an activating group) is 1. The van der Waals surface area contributed by atoms with E-state index in [1.54, 1.807) is 0 Å². The number of rotatable bonds is 8. The first-order chi connectivity index (χ1) is 9.49. The third-order valence-electron chi connectivity index (χ3n) is 3.55. The zero-order valence-corrected chi connectivity index (χ0v) is 12.4. The molecule has 0 aromatic heterocycles. The van der Waals surface area contributed by atoms with E-state index in [0.29, 0.717) is 5.56 Å². The third-order valence-corrected chi connectivity index (χ3v) is 3.55. The van der Waals surface area contributed by atoms with Crippen molar-refractivity contribution in [2.24, 2.45) is 0 Å². The Morgan fingerprint density at radius 2 is 1.85 bits per heavy atom. The Labute approximate surface area is 119 Å². The molecule has 20 heavy (non-hydrogen) atoms. The Hall–Kier alpha value is -1.04. The molecule has 0 fully saturated rings. The normalized spacial score (nSPS) is 14.6. The van der Waals surface area contributed by atoms with Crippen LogP contribution in [0.5, 0.6) is 0 Å². The van der Waals surface area contributed by atoms with Crippen LogP contribution in [0.15, 0.2) is 18.2 Å². The highest BCUT2D eigenvalue weighted by Crippen LogP contribution is 2.19. The molecule has 0 saturated heterocycles. The largest absolute Gasteiger partial charge is 0.387 e. The molecule has 2 N–H and O–H groups in total. The van der Waals surface area contributed by atoms with Crippen LogP contribution in [0, 0.1) is 11.6 Å². The molecule has 0 aliphatic heterocycles. The molecule has 1 aromatic carbocycles. The van der Waals surface area contributed by atoms with Gasteiger partial charge < -0.3 is 15.3 Å². The fourth-order valence-corrected chi connectivity index (χ4v) is 2.09. The fraction of sp³-hybridized carbons (Fsp3) is 0.600. The molecule has 2 atom stereocenters. The van der Waals surface area contributed by atoms with Gasteiger partial charge in [-0.2, -0.15) is 0 Å². The van der Waals surface area contributed by atoms with Crippen LogP contribution in [-0.2, 0) is 0 Å². The molecule has 0 bridgehead atoms. The molecule has 0 aliphatic rings. The monoisotopic (exact) mass is 286 g/mol. The van der Waals surface area contributed by atoms with Crippen molar-refractivity contribution >= 4 is 0 Å². The number of nitrogens with zero attached hydrogens (tertiary/aromatic N) is 1. The van der Waals surface area contributed by atoms with E-state index in [1.807, 2.05) is 6.92 Å². The maximum absolute atomic E-state index is 13.1. The number of benzene rings is 1. The van der Waals surface area contributed by atoms with E-state index in [-0.39, 0.29) is 6.04 Å².